The first-order chi connectivity index (χ1) is 15.3. The zero-order valence-corrected chi connectivity index (χ0v) is 17.1. The van der Waals surface area contributed by atoms with Gasteiger partial charge in [0.2, 0.25) is 5.91 Å². The van der Waals surface area contributed by atoms with E-state index in [9.17, 15) is 29.8 Å². The highest BCUT2D eigenvalue weighted by atomic mass is 16.6. The van der Waals surface area contributed by atoms with Crippen LogP contribution in [0.15, 0.2) is 53.7 Å². The Morgan fingerprint density at radius 3 is 2.34 bits per heavy atom. The van der Waals surface area contributed by atoms with E-state index in [1.54, 1.807) is 12.1 Å². The van der Waals surface area contributed by atoms with Crippen LogP contribution in [-0.2, 0) is 9.59 Å². The number of hydrogen-bond acceptors (Lipinski definition) is 7. The fraction of sp³-hybridized carbons (Fsp3) is 0.273. The van der Waals surface area contributed by atoms with Gasteiger partial charge in [-0.1, -0.05) is 12.1 Å². The molecule has 1 unspecified atom stereocenters. The van der Waals surface area contributed by atoms with Crippen molar-refractivity contribution in [1.29, 1.82) is 0 Å². The maximum atomic E-state index is 13.3. The Bertz CT molecular complexity index is 1170. The number of benzene rings is 2. The molecule has 1 atom stereocenters. The molecule has 2 aliphatic rings. The van der Waals surface area contributed by atoms with Gasteiger partial charge in [0.15, 0.2) is 5.78 Å². The second kappa shape index (κ2) is 8.22. The number of hydrogen-bond donors (Lipinski definition) is 0. The number of nitrogens with zero attached hydrogens (tertiary/aromatic N) is 3. The van der Waals surface area contributed by atoms with Crippen LogP contribution < -0.4 is 9.64 Å². The van der Waals surface area contributed by atoms with Crippen molar-refractivity contribution in [3.63, 3.8) is 0 Å². The number of non-ortho nitro benzene ring substituents is 1. The number of methoxy groups -OCH3 is 1. The van der Waals surface area contributed by atoms with E-state index in [0.717, 1.165) is 0 Å². The number of ether oxygens (including phenoxy) is 1. The number of Topliss-reactive ketones (excluding diaryl/α,β-unsaturated/α-hetero) is 1. The lowest BCUT2D eigenvalue weighted by Gasteiger charge is -2.38. The quantitative estimate of drug-likeness (QED) is 0.509. The summed E-state index contributed by atoms with van der Waals surface area (Å²) in [4.78, 5) is 49.1. The molecule has 0 saturated heterocycles. The molecule has 0 spiro atoms. The molecule has 2 aromatic carbocycles. The fourth-order valence-corrected chi connectivity index (χ4v) is 4.35. The van der Waals surface area contributed by atoms with Crippen molar-refractivity contribution >= 4 is 28.8 Å². The Morgan fingerprint density at radius 2 is 1.72 bits per heavy atom. The van der Waals surface area contributed by atoms with Crippen molar-refractivity contribution in [1.82, 2.24) is 0 Å². The van der Waals surface area contributed by atoms with E-state index >= 15 is 0 Å². The Hall–Kier alpha value is -4.08. The summed E-state index contributed by atoms with van der Waals surface area (Å²) < 4.78 is 5.08. The molecule has 32 heavy (non-hydrogen) atoms. The molecule has 4 rings (SSSR count). The first-order valence-corrected chi connectivity index (χ1v) is 9.97. The van der Waals surface area contributed by atoms with Crippen LogP contribution in [-0.4, -0.2) is 28.6 Å². The molecule has 1 heterocycles. The summed E-state index contributed by atoms with van der Waals surface area (Å²) >= 11 is 0. The van der Waals surface area contributed by atoms with Gasteiger partial charge in [0.25, 0.3) is 11.4 Å². The van der Waals surface area contributed by atoms with Crippen molar-refractivity contribution in [2.75, 3.05) is 12.0 Å². The highest BCUT2D eigenvalue weighted by Crippen LogP contribution is 2.45. The van der Waals surface area contributed by atoms with Gasteiger partial charge < -0.3 is 4.74 Å². The third kappa shape index (κ3) is 3.59. The van der Waals surface area contributed by atoms with E-state index in [4.69, 9.17) is 4.74 Å². The molecule has 2 aromatic rings. The van der Waals surface area contributed by atoms with E-state index < -0.39 is 15.8 Å². The summed E-state index contributed by atoms with van der Waals surface area (Å²) in [6, 6.07) is 10.0. The van der Waals surface area contributed by atoms with Crippen LogP contribution in [0.5, 0.6) is 5.75 Å². The van der Waals surface area contributed by atoms with Gasteiger partial charge in [-0.15, -0.1) is 0 Å². The fourth-order valence-electron chi connectivity index (χ4n) is 4.35. The lowest BCUT2D eigenvalue weighted by Crippen LogP contribution is -2.40. The predicted molar refractivity (Wildman–Crippen MR) is 113 cm³/mol. The second-order valence-electron chi connectivity index (χ2n) is 7.58. The van der Waals surface area contributed by atoms with Gasteiger partial charge in [0.1, 0.15) is 11.4 Å². The number of carbonyl (C=O) groups is 2. The first-order valence-electron chi connectivity index (χ1n) is 9.97. The van der Waals surface area contributed by atoms with Gasteiger partial charge in [-0.05, 0) is 30.5 Å². The molecule has 0 radical (unpaired) electrons. The minimum absolute atomic E-state index is 0.0778. The third-order valence-electron chi connectivity index (χ3n) is 5.80. The van der Waals surface area contributed by atoms with E-state index in [-0.39, 0.29) is 40.9 Å². The standard InChI is InChI=1S/C22H19N3O7/c1-32-15-9-10-17(19(11-15)25(30)31)23-18-3-2-4-20(26)22(18)16(12-21(23)27)13-5-7-14(8-6-13)24(28)29/h5-11,16H,2-4,12H2,1H3. The zero-order chi connectivity index (χ0) is 23.0. The highest BCUT2D eigenvalue weighted by molar-refractivity contribution is 6.08. The van der Waals surface area contributed by atoms with Crippen LogP contribution in [0.1, 0.15) is 37.2 Å². The van der Waals surface area contributed by atoms with Gasteiger partial charge >= 0.3 is 0 Å². The summed E-state index contributed by atoms with van der Waals surface area (Å²) in [5.41, 5.74) is 1.22. The third-order valence-corrected chi connectivity index (χ3v) is 5.80. The van der Waals surface area contributed by atoms with E-state index in [2.05, 4.69) is 0 Å². The molecule has 10 heteroatoms. The van der Waals surface area contributed by atoms with E-state index in [1.165, 1.54) is 42.3 Å². The SMILES string of the molecule is COc1ccc(N2C(=O)CC(c3ccc([N+](=O)[O-])cc3)C3=C2CCCC3=O)c([N+](=O)[O-])c1. The second-order valence-corrected chi connectivity index (χ2v) is 7.58. The minimum atomic E-state index is -0.585. The number of carbonyl (C=O) groups excluding carboxylic acids is 2. The Labute approximate surface area is 182 Å². The summed E-state index contributed by atoms with van der Waals surface area (Å²) in [7, 11) is 1.39. The van der Waals surface area contributed by atoms with E-state index in [1.807, 2.05) is 0 Å². The number of nitro benzene ring substituents is 2. The molecular formula is C22H19N3O7. The Kier molecular flexibility index (Phi) is 5.43. The maximum absolute atomic E-state index is 13.3. The average molecular weight is 437 g/mol. The van der Waals surface area contributed by atoms with Crippen molar-refractivity contribution in [2.45, 2.75) is 31.6 Å². The molecule has 1 aliphatic carbocycles. The van der Waals surface area contributed by atoms with Crippen molar-refractivity contribution in [3.8, 4) is 5.75 Å². The van der Waals surface area contributed by atoms with Crippen molar-refractivity contribution < 1.29 is 24.2 Å². The molecule has 1 aliphatic heterocycles. The molecule has 164 valence electrons. The van der Waals surface area contributed by atoms with Gasteiger partial charge in [-0.2, -0.15) is 0 Å². The van der Waals surface area contributed by atoms with E-state index in [0.29, 0.717) is 36.1 Å². The largest absolute Gasteiger partial charge is 0.496 e. The predicted octanol–water partition coefficient (Wildman–Crippen LogP) is 4.04. The number of rotatable bonds is 5. The van der Waals surface area contributed by atoms with Crippen molar-refractivity contribution in [3.05, 3.63) is 79.5 Å². The minimum Gasteiger partial charge on any atom is -0.496 e. The summed E-state index contributed by atoms with van der Waals surface area (Å²) in [6.45, 7) is 0. The van der Waals surface area contributed by atoms with Crippen LogP contribution in [0.4, 0.5) is 17.1 Å². The number of nitro groups is 2. The number of ketones is 1. The molecule has 1 amide bonds. The molecule has 0 aromatic heterocycles. The monoisotopic (exact) mass is 437 g/mol. The maximum Gasteiger partial charge on any atom is 0.297 e. The molecule has 0 fully saturated rings. The Balaban J connectivity index is 1.86. The van der Waals surface area contributed by atoms with Crippen LogP contribution in [0, 0.1) is 20.2 Å². The molecule has 0 N–H and O–H groups in total. The zero-order valence-electron chi connectivity index (χ0n) is 17.1. The van der Waals surface area contributed by atoms with Crippen LogP contribution >= 0.6 is 0 Å². The van der Waals surface area contributed by atoms with Crippen LogP contribution in [0.2, 0.25) is 0 Å². The van der Waals surface area contributed by atoms with Crippen LogP contribution in [0.25, 0.3) is 0 Å². The molecule has 0 saturated carbocycles. The van der Waals surface area contributed by atoms with Gasteiger partial charge in [-0.25, -0.2) is 0 Å². The number of allylic oxidation sites excluding steroid dienone is 2. The summed E-state index contributed by atoms with van der Waals surface area (Å²) in [5, 5.41) is 22.7. The average Bonchev–Trinajstić information content (AvgIpc) is 2.78. The first kappa shape index (κ1) is 21.2. The van der Waals surface area contributed by atoms with Crippen molar-refractivity contribution in [2.24, 2.45) is 0 Å². The number of amides is 1. The lowest BCUT2D eigenvalue weighted by molar-refractivity contribution is -0.384. The summed E-state index contributed by atoms with van der Waals surface area (Å²) in [6.07, 6.45) is 1.18. The smallest absolute Gasteiger partial charge is 0.297 e. The summed E-state index contributed by atoms with van der Waals surface area (Å²) in [5.74, 6) is -0.777. The topological polar surface area (TPSA) is 133 Å². The Morgan fingerprint density at radius 1 is 1.00 bits per heavy atom. The highest BCUT2D eigenvalue weighted by Gasteiger charge is 2.41. The normalized spacial score (nSPS) is 18.4. The lowest BCUT2D eigenvalue weighted by atomic mass is 9.77. The number of anilines is 1. The molecular weight excluding hydrogens is 418 g/mol. The van der Waals surface area contributed by atoms with Gasteiger partial charge in [-0.3, -0.25) is 34.7 Å². The molecule has 10 nitrogen and oxygen atoms in total. The molecule has 0 bridgehead atoms. The van der Waals surface area contributed by atoms with Gasteiger partial charge in [0.05, 0.1) is 23.0 Å². The van der Waals surface area contributed by atoms with Crippen LogP contribution in [0.3, 0.4) is 0 Å². The van der Waals surface area contributed by atoms with Gasteiger partial charge in [0, 0.05) is 42.2 Å².